The summed E-state index contributed by atoms with van der Waals surface area (Å²) >= 11 is 0. The summed E-state index contributed by atoms with van der Waals surface area (Å²) in [6, 6.07) is 20.4. The van der Waals surface area contributed by atoms with Crippen LogP contribution in [0.1, 0.15) is 15.1 Å². The molecule has 0 fully saturated rings. The average Bonchev–Trinajstić information content (AvgIpc) is 3.52. The van der Waals surface area contributed by atoms with Gasteiger partial charge in [0.05, 0.1) is 15.1 Å². The highest BCUT2D eigenvalue weighted by atomic mass is 16.3. The van der Waals surface area contributed by atoms with E-state index in [1.165, 1.54) is 0 Å². The van der Waals surface area contributed by atoms with E-state index in [2.05, 4.69) is 0 Å². The van der Waals surface area contributed by atoms with Crippen molar-refractivity contribution >= 4 is 43.5 Å². The van der Waals surface area contributed by atoms with Gasteiger partial charge in [-0.1, -0.05) is 121 Å². The summed E-state index contributed by atoms with van der Waals surface area (Å²) in [5, 5.41) is 2.57. The summed E-state index contributed by atoms with van der Waals surface area (Å²) < 4.78 is 100. The molecule has 0 saturated heterocycles. The fourth-order valence-corrected chi connectivity index (χ4v) is 5.38. The van der Waals surface area contributed by atoms with E-state index in [0.29, 0.717) is 38.2 Å². The van der Waals surface area contributed by atoms with Crippen LogP contribution >= 0.6 is 0 Å². The second-order valence-corrected chi connectivity index (χ2v) is 9.27. The molecule has 182 valence electrons. The first kappa shape index (κ1) is 13.6. The molecule has 0 atom stereocenters. The Morgan fingerprint density at radius 2 is 1.00 bits per heavy atom. The lowest BCUT2D eigenvalue weighted by molar-refractivity contribution is 0.669. The number of furan rings is 1. The summed E-state index contributed by atoms with van der Waals surface area (Å²) in [6.45, 7) is 0. The van der Waals surface area contributed by atoms with Gasteiger partial charge in [-0.3, -0.25) is 0 Å². The summed E-state index contributed by atoms with van der Waals surface area (Å²) in [5.74, 6) is 0. The largest absolute Gasteiger partial charge is 0.456 e. The number of hydrogen-bond donors (Lipinski definition) is 0. The molecule has 0 bridgehead atoms. The van der Waals surface area contributed by atoms with E-state index in [1.807, 2.05) is 36.4 Å². The van der Waals surface area contributed by atoms with E-state index >= 15 is 0 Å². The molecule has 1 heterocycles. The van der Waals surface area contributed by atoms with Crippen LogP contribution in [-0.2, 0) is 0 Å². The first-order valence-corrected chi connectivity index (χ1v) is 12.4. The summed E-state index contributed by atoms with van der Waals surface area (Å²) in [4.78, 5) is 0. The Labute approximate surface area is 242 Å². The zero-order valence-corrected chi connectivity index (χ0v) is 20.4. The number of rotatable bonds is 3. The molecule has 1 heteroatoms. The van der Waals surface area contributed by atoms with Crippen LogP contribution in [0.15, 0.2) is 150 Å². The maximum absolute atomic E-state index is 9.15. The maximum Gasteiger partial charge on any atom is 0.136 e. The van der Waals surface area contributed by atoms with Crippen LogP contribution in [0.3, 0.4) is 0 Å². The van der Waals surface area contributed by atoms with Gasteiger partial charge in [-0.05, 0) is 79.1 Å². The molecule has 39 heavy (non-hydrogen) atoms. The van der Waals surface area contributed by atoms with Crippen molar-refractivity contribution in [1.29, 1.82) is 0 Å². The van der Waals surface area contributed by atoms with Crippen LogP contribution in [0.2, 0.25) is 0 Å². The van der Waals surface area contributed by atoms with Crippen molar-refractivity contribution in [3.63, 3.8) is 0 Å². The van der Waals surface area contributed by atoms with Gasteiger partial charge in [-0.25, -0.2) is 0 Å². The van der Waals surface area contributed by atoms with Crippen LogP contribution in [0.4, 0.5) is 0 Å². The molecule has 0 aliphatic carbocycles. The fraction of sp³-hybridized carbons (Fsp3) is 0. The first-order chi connectivity index (χ1) is 23.9. The Hall–Kier alpha value is -5.14. The minimum absolute atomic E-state index is 0.00162. The van der Waals surface area contributed by atoms with Crippen molar-refractivity contribution in [3.05, 3.63) is 145 Å². The van der Waals surface area contributed by atoms with E-state index in [4.69, 9.17) is 19.5 Å². The summed E-state index contributed by atoms with van der Waals surface area (Å²) in [7, 11) is 0. The van der Waals surface area contributed by atoms with Crippen LogP contribution in [0.25, 0.3) is 76.9 Å². The highest BCUT2D eigenvalue weighted by Gasteiger charge is 2.17. The standard InChI is InChI=1S/C38H24O/c1-2-11-25(12-3-1)37-31-16-4-6-18-33(31)38(34-19-7-5-17-32(34)37)28-14-10-13-26(23-28)27-21-22-30-29-15-8-9-20-35(29)39-36(30)24-27/h1-24H/i4D,5D,6D,7D,8D,9D,15D,20D,21D,22D,24D. The minimum atomic E-state index is -0.502. The summed E-state index contributed by atoms with van der Waals surface area (Å²) in [6.07, 6.45) is 0. The second kappa shape index (κ2) is 8.72. The van der Waals surface area contributed by atoms with Crippen LogP contribution in [0.5, 0.6) is 0 Å². The first-order valence-electron chi connectivity index (χ1n) is 17.9. The molecule has 0 N–H and O–H groups in total. The maximum atomic E-state index is 9.15. The van der Waals surface area contributed by atoms with Gasteiger partial charge in [-0.2, -0.15) is 0 Å². The van der Waals surface area contributed by atoms with Crippen molar-refractivity contribution in [1.82, 2.24) is 0 Å². The Balaban J connectivity index is 1.46. The fourth-order valence-electron chi connectivity index (χ4n) is 5.38. The van der Waals surface area contributed by atoms with Gasteiger partial charge < -0.3 is 4.42 Å². The van der Waals surface area contributed by atoms with Crippen LogP contribution in [0, 0.1) is 0 Å². The Bertz CT molecular complexity index is 2700. The monoisotopic (exact) mass is 507 g/mol. The van der Waals surface area contributed by atoms with Crippen molar-refractivity contribution < 1.29 is 19.5 Å². The van der Waals surface area contributed by atoms with Crippen LogP contribution in [-0.4, -0.2) is 0 Å². The molecule has 0 radical (unpaired) electrons. The molecule has 8 rings (SSSR count). The average molecular weight is 508 g/mol. The van der Waals surface area contributed by atoms with Gasteiger partial charge in [0, 0.05) is 10.8 Å². The molecule has 1 aromatic heterocycles. The minimum Gasteiger partial charge on any atom is -0.456 e. The van der Waals surface area contributed by atoms with Gasteiger partial charge in [0.1, 0.15) is 11.2 Å². The van der Waals surface area contributed by atoms with Gasteiger partial charge in [0.25, 0.3) is 0 Å². The molecular formula is C38H24O. The van der Waals surface area contributed by atoms with Crippen molar-refractivity contribution in [2.75, 3.05) is 0 Å². The topological polar surface area (TPSA) is 13.1 Å². The number of benzene rings is 7. The van der Waals surface area contributed by atoms with E-state index in [1.54, 1.807) is 42.5 Å². The van der Waals surface area contributed by atoms with Crippen LogP contribution < -0.4 is 0 Å². The predicted octanol–water partition coefficient (Wildman–Crippen LogP) is 10.9. The highest BCUT2D eigenvalue weighted by Crippen LogP contribution is 2.44. The van der Waals surface area contributed by atoms with Crippen molar-refractivity contribution in [2.45, 2.75) is 0 Å². The summed E-state index contributed by atoms with van der Waals surface area (Å²) in [5.41, 5.74) is 3.01. The number of hydrogen-bond acceptors (Lipinski definition) is 1. The predicted molar refractivity (Wildman–Crippen MR) is 165 cm³/mol. The van der Waals surface area contributed by atoms with Gasteiger partial charge in [0.15, 0.2) is 0 Å². The van der Waals surface area contributed by atoms with Crippen molar-refractivity contribution in [3.8, 4) is 33.4 Å². The third kappa shape index (κ3) is 3.48. The number of fused-ring (bicyclic) bond motifs is 5. The molecule has 7 aromatic carbocycles. The van der Waals surface area contributed by atoms with Crippen molar-refractivity contribution in [2.24, 2.45) is 0 Å². The molecule has 0 aliphatic heterocycles. The Morgan fingerprint density at radius 1 is 0.410 bits per heavy atom. The van der Waals surface area contributed by atoms with E-state index in [0.717, 1.165) is 11.1 Å². The third-order valence-electron chi connectivity index (χ3n) is 7.08. The third-order valence-corrected chi connectivity index (χ3v) is 7.08. The Kier molecular flexibility index (Phi) is 3.04. The molecule has 0 amide bonds. The molecule has 8 aromatic rings. The van der Waals surface area contributed by atoms with E-state index in [9.17, 15) is 0 Å². The van der Waals surface area contributed by atoms with Gasteiger partial charge >= 0.3 is 0 Å². The zero-order chi connectivity index (χ0) is 35.3. The molecule has 0 unspecified atom stereocenters. The molecule has 0 aliphatic rings. The van der Waals surface area contributed by atoms with Gasteiger partial charge in [0.2, 0.25) is 0 Å². The second-order valence-electron chi connectivity index (χ2n) is 9.27. The zero-order valence-electron chi connectivity index (χ0n) is 31.4. The molecule has 1 nitrogen and oxygen atoms in total. The van der Waals surface area contributed by atoms with E-state index < -0.39 is 24.2 Å². The molecular weight excluding hydrogens is 472 g/mol. The lowest BCUT2D eigenvalue weighted by atomic mass is 9.85. The lowest BCUT2D eigenvalue weighted by Crippen LogP contribution is -1.91. The molecule has 0 spiro atoms. The Morgan fingerprint density at radius 3 is 1.72 bits per heavy atom. The lowest BCUT2D eigenvalue weighted by Gasteiger charge is -2.18. The SMILES string of the molecule is [2H]c1cc2c(-c3ccccc3)c3cc([2H])c([2H])cc3c(-c3cccc(-c4c([2H])c([2H])c5c(oc6c([2H])c([2H])c([2H])c([2H])c65)c4[2H])c3)c2cc1[2H]. The van der Waals surface area contributed by atoms with E-state index in [-0.39, 0.29) is 69.8 Å². The quantitative estimate of drug-likeness (QED) is 0.217. The normalized spacial score (nSPS) is 15.5. The number of para-hydroxylation sites is 1. The van der Waals surface area contributed by atoms with Gasteiger partial charge in [-0.15, -0.1) is 0 Å². The highest BCUT2D eigenvalue weighted by molar-refractivity contribution is 6.21. The molecule has 0 saturated carbocycles. The smallest absolute Gasteiger partial charge is 0.136 e.